The van der Waals surface area contributed by atoms with Crippen LogP contribution in [0.5, 0.6) is 0 Å². The Hall–Kier alpha value is -1.56. The highest BCUT2D eigenvalue weighted by atomic mass is 35.5. The highest BCUT2D eigenvalue weighted by Gasteiger charge is 2.08. The summed E-state index contributed by atoms with van der Waals surface area (Å²) in [7, 11) is 0. The van der Waals surface area contributed by atoms with E-state index in [1.165, 1.54) is 12.3 Å². The molecule has 0 spiro atoms. The maximum absolute atomic E-state index is 11.0. The molecule has 0 bridgehead atoms. The standard InChI is InChI=1S/C6H6ClN3O3/c7-3-5(11)8-9-6(12)4-1-2-13-10-4/h1-2H,3H2,(H,8,11)(H,9,12). The van der Waals surface area contributed by atoms with Crippen LogP contribution >= 0.6 is 11.6 Å². The Balaban J connectivity index is 2.39. The molecule has 0 aromatic carbocycles. The molecule has 1 aromatic rings. The Morgan fingerprint density at radius 3 is 2.85 bits per heavy atom. The molecule has 0 saturated heterocycles. The van der Waals surface area contributed by atoms with Gasteiger partial charge in [0.15, 0.2) is 5.69 Å². The minimum atomic E-state index is -0.563. The van der Waals surface area contributed by atoms with E-state index >= 15 is 0 Å². The van der Waals surface area contributed by atoms with Crippen LogP contribution in [0.3, 0.4) is 0 Å². The molecule has 7 heteroatoms. The molecule has 0 saturated carbocycles. The van der Waals surface area contributed by atoms with Gasteiger partial charge in [0.1, 0.15) is 12.1 Å². The molecule has 0 unspecified atom stereocenters. The van der Waals surface area contributed by atoms with Crippen molar-refractivity contribution in [2.75, 3.05) is 5.88 Å². The van der Waals surface area contributed by atoms with Gasteiger partial charge < -0.3 is 4.52 Å². The number of hydrazine groups is 1. The molecule has 6 nitrogen and oxygen atoms in total. The quantitative estimate of drug-likeness (QED) is 0.510. The van der Waals surface area contributed by atoms with Gasteiger partial charge in [-0.1, -0.05) is 5.16 Å². The number of alkyl halides is 1. The normalized spacial score (nSPS) is 9.31. The SMILES string of the molecule is O=C(CCl)NNC(=O)c1ccon1. The summed E-state index contributed by atoms with van der Waals surface area (Å²) in [6.07, 6.45) is 1.25. The number of nitrogens with one attached hydrogen (secondary N) is 2. The summed E-state index contributed by atoms with van der Waals surface area (Å²) < 4.78 is 4.42. The summed E-state index contributed by atoms with van der Waals surface area (Å²) in [5.41, 5.74) is 4.24. The zero-order valence-corrected chi connectivity index (χ0v) is 7.17. The minimum Gasteiger partial charge on any atom is -0.364 e. The maximum Gasteiger partial charge on any atom is 0.291 e. The number of hydrogen-bond donors (Lipinski definition) is 2. The minimum absolute atomic E-state index is 0.0786. The van der Waals surface area contributed by atoms with Gasteiger partial charge >= 0.3 is 0 Å². The smallest absolute Gasteiger partial charge is 0.291 e. The molecule has 0 aliphatic carbocycles. The van der Waals surface area contributed by atoms with E-state index in [0.717, 1.165) is 0 Å². The second-order valence-electron chi connectivity index (χ2n) is 2.02. The number of rotatable bonds is 2. The van der Waals surface area contributed by atoms with E-state index in [4.69, 9.17) is 11.6 Å². The lowest BCUT2D eigenvalue weighted by molar-refractivity contribution is -0.119. The topological polar surface area (TPSA) is 84.2 Å². The number of carbonyl (C=O) groups excluding carboxylic acids is 2. The van der Waals surface area contributed by atoms with Gasteiger partial charge in [0, 0.05) is 6.07 Å². The van der Waals surface area contributed by atoms with Crippen LogP contribution in [0.2, 0.25) is 0 Å². The molecule has 1 rings (SSSR count). The van der Waals surface area contributed by atoms with Crippen LogP contribution in [0.1, 0.15) is 10.5 Å². The van der Waals surface area contributed by atoms with E-state index in [1.54, 1.807) is 0 Å². The van der Waals surface area contributed by atoms with Gasteiger partial charge in [-0.05, 0) is 0 Å². The van der Waals surface area contributed by atoms with Crippen molar-refractivity contribution in [3.05, 3.63) is 18.0 Å². The first-order valence-electron chi connectivity index (χ1n) is 3.29. The Morgan fingerprint density at radius 2 is 2.31 bits per heavy atom. The van der Waals surface area contributed by atoms with Crippen LogP contribution in [0.15, 0.2) is 16.9 Å². The van der Waals surface area contributed by atoms with E-state index in [0.29, 0.717) is 0 Å². The summed E-state index contributed by atoms with van der Waals surface area (Å²) in [6.45, 7) is 0. The van der Waals surface area contributed by atoms with Crippen molar-refractivity contribution < 1.29 is 14.1 Å². The number of amides is 2. The van der Waals surface area contributed by atoms with Gasteiger partial charge in [0.2, 0.25) is 0 Å². The predicted molar refractivity (Wildman–Crippen MR) is 42.8 cm³/mol. The molecule has 0 aliphatic rings. The van der Waals surface area contributed by atoms with Crippen LogP contribution in [0, 0.1) is 0 Å². The van der Waals surface area contributed by atoms with Crippen LogP contribution in [0.4, 0.5) is 0 Å². The Labute approximate surface area is 78.2 Å². The zero-order valence-electron chi connectivity index (χ0n) is 6.41. The molecule has 70 valence electrons. The van der Waals surface area contributed by atoms with Gasteiger partial charge in [0.05, 0.1) is 0 Å². The average molecular weight is 204 g/mol. The molecular weight excluding hydrogens is 198 g/mol. The highest BCUT2D eigenvalue weighted by Crippen LogP contribution is 1.91. The molecule has 2 amide bonds. The fraction of sp³-hybridized carbons (Fsp3) is 0.167. The summed E-state index contributed by atoms with van der Waals surface area (Å²) >= 11 is 5.16. The molecule has 2 N–H and O–H groups in total. The number of aromatic nitrogens is 1. The Kier molecular flexibility index (Phi) is 3.27. The lowest BCUT2D eigenvalue weighted by Crippen LogP contribution is -2.42. The van der Waals surface area contributed by atoms with E-state index in [9.17, 15) is 9.59 Å². The van der Waals surface area contributed by atoms with E-state index in [2.05, 4.69) is 20.5 Å². The fourth-order valence-corrected chi connectivity index (χ4v) is 0.620. The lowest BCUT2D eigenvalue weighted by atomic mass is 10.4. The van der Waals surface area contributed by atoms with Gasteiger partial charge in [0.25, 0.3) is 11.8 Å². The second-order valence-corrected chi connectivity index (χ2v) is 2.29. The summed E-state index contributed by atoms with van der Waals surface area (Å²) in [6, 6.07) is 1.36. The molecule has 0 aliphatic heterocycles. The third kappa shape index (κ3) is 2.75. The number of nitrogens with zero attached hydrogens (tertiary/aromatic N) is 1. The number of halogens is 1. The second kappa shape index (κ2) is 4.46. The maximum atomic E-state index is 11.0. The van der Waals surface area contributed by atoms with Gasteiger partial charge in [-0.3, -0.25) is 20.4 Å². The van der Waals surface area contributed by atoms with Gasteiger partial charge in [-0.15, -0.1) is 11.6 Å². The third-order valence-corrected chi connectivity index (χ3v) is 1.35. The van der Waals surface area contributed by atoms with Crippen LogP contribution in [-0.4, -0.2) is 22.9 Å². The summed E-state index contributed by atoms with van der Waals surface area (Å²) in [5.74, 6) is -1.29. The Morgan fingerprint density at radius 1 is 1.54 bits per heavy atom. The largest absolute Gasteiger partial charge is 0.364 e. The number of carbonyl (C=O) groups is 2. The van der Waals surface area contributed by atoms with Gasteiger partial charge in [-0.2, -0.15) is 0 Å². The molecule has 0 fully saturated rings. The van der Waals surface area contributed by atoms with Crippen molar-refractivity contribution in [2.24, 2.45) is 0 Å². The molecule has 0 atom stereocenters. The van der Waals surface area contributed by atoms with Crippen LogP contribution in [-0.2, 0) is 4.79 Å². The molecule has 1 heterocycles. The van der Waals surface area contributed by atoms with Gasteiger partial charge in [-0.25, -0.2) is 0 Å². The number of hydrogen-bond acceptors (Lipinski definition) is 4. The molecule has 1 aromatic heterocycles. The molecule has 13 heavy (non-hydrogen) atoms. The summed E-state index contributed by atoms with van der Waals surface area (Å²) in [5, 5.41) is 3.35. The third-order valence-electron chi connectivity index (χ3n) is 1.11. The van der Waals surface area contributed by atoms with Crippen molar-refractivity contribution in [1.82, 2.24) is 16.0 Å². The van der Waals surface area contributed by atoms with Crippen molar-refractivity contribution in [3.63, 3.8) is 0 Å². The average Bonchev–Trinajstić information content (AvgIpc) is 2.66. The summed E-state index contributed by atoms with van der Waals surface area (Å²) in [4.78, 5) is 21.6. The van der Waals surface area contributed by atoms with Crippen molar-refractivity contribution in [2.45, 2.75) is 0 Å². The first-order chi connectivity index (χ1) is 6.24. The molecule has 0 radical (unpaired) electrons. The van der Waals surface area contributed by atoms with Crippen molar-refractivity contribution >= 4 is 23.4 Å². The molecular formula is C6H6ClN3O3. The Bertz CT molecular complexity index is 298. The van der Waals surface area contributed by atoms with Crippen molar-refractivity contribution in [3.8, 4) is 0 Å². The lowest BCUT2D eigenvalue weighted by Gasteiger charge is -2.01. The highest BCUT2D eigenvalue weighted by molar-refractivity contribution is 6.27. The van der Waals surface area contributed by atoms with E-state index in [1.807, 2.05) is 0 Å². The van der Waals surface area contributed by atoms with Crippen LogP contribution in [0.25, 0.3) is 0 Å². The van der Waals surface area contributed by atoms with E-state index in [-0.39, 0.29) is 11.6 Å². The van der Waals surface area contributed by atoms with E-state index < -0.39 is 11.8 Å². The van der Waals surface area contributed by atoms with Crippen molar-refractivity contribution in [1.29, 1.82) is 0 Å². The predicted octanol–water partition coefficient (Wildman–Crippen LogP) is -0.326. The first kappa shape index (κ1) is 9.53. The first-order valence-corrected chi connectivity index (χ1v) is 3.83. The zero-order chi connectivity index (χ0) is 9.68. The monoisotopic (exact) mass is 203 g/mol. The van der Waals surface area contributed by atoms with Crippen LogP contribution < -0.4 is 10.9 Å². The fourth-order valence-electron chi connectivity index (χ4n) is 0.554.